The Labute approximate surface area is 83.4 Å². The van der Waals surface area contributed by atoms with Gasteiger partial charge in [0.05, 0.1) is 13.1 Å². The smallest absolute Gasteiger partial charge is 0.475 e. The van der Waals surface area contributed by atoms with Crippen LogP contribution < -0.4 is 11.1 Å². The van der Waals surface area contributed by atoms with Gasteiger partial charge in [0.1, 0.15) is 0 Å². The third-order valence-corrected chi connectivity index (χ3v) is 0.816. The third kappa shape index (κ3) is 12.2. The highest BCUT2D eigenvalue weighted by Crippen LogP contribution is 2.13. The maximum Gasteiger partial charge on any atom is 0.490 e. The summed E-state index contributed by atoms with van der Waals surface area (Å²) in [6.45, 7) is 0.262. The molecule has 86 valence electrons. The van der Waals surface area contributed by atoms with Gasteiger partial charge in [-0.3, -0.25) is 4.79 Å². The standard InChI is InChI=1S/C5H8N2O.C2HF3O2/c1-2-3-7-5(8)4-6;3-2(4,5)1(6)7/h1H,3-4,6H2,(H,7,8);(H,6,7). The van der Waals surface area contributed by atoms with Gasteiger partial charge >= 0.3 is 12.1 Å². The minimum Gasteiger partial charge on any atom is -0.475 e. The Morgan fingerprint density at radius 3 is 2.07 bits per heavy atom. The Morgan fingerprint density at radius 2 is 1.87 bits per heavy atom. The highest BCUT2D eigenvalue weighted by Gasteiger charge is 2.38. The number of hydrogen-bond acceptors (Lipinski definition) is 3. The minimum absolute atomic E-state index is 0.00167. The molecule has 15 heavy (non-hydrogen) atoms. The lowest BCUT2D eigenvalue weighted by atomic mass is 10.5. The van der Waals surface area contributed by atoms with E-state index in [1.165, 1.54) is 0 Å². The van der Waals surface area contributed by atoms with E-state index < -0.39 is 12.1 Å². The number of nitrogens with one attached hydrogen (secondary N) is 1. The Bertz CT molecular complexity index is 257. The molecule has 0 rings (SSSR count). The average molecular weight is 226 g/mol. The molecule has 0 saturated heterocycles. The molecule has 0 aromatic rings. The maximum absolute atomic E-state index is 10.6. The molecule has 0 saturated carbocycles. The van der Waals surface area contributed by atoms with E-state index in [0.29, 0.717) is 0 Å². The number of halogens is 3. The molecule has 0 radical (unpaired) electrons. The van der Waals surface area contributed by atoms with Crippen molar-refractivity contribution in [3.8, 4) is 12.3 Å². The van der Waals surface area contributed by atoms with Gasteiger partial charge in [-0.15, -0.1) is 6.42 Å². The fourth-order valence-electron chi connectivity index (χ4n) is 0.222. The fourth-order valence-corrected chi connectivity index (χ4v) is 0.222. The second-order valence-electron chi connectivity index (χ2n) is 1.99. The summed E-state index contributed by atoms with van der Waals surface area (Å²) in [5.41, 5.74) is 4.93. The molecule has 0 aliphatic carbocycles. The van der Waals surface area contributed by atoms with Crippen molar-refractivity contribution in [3.05, 3.63) is 0 Å². The van der Waals surface area contributed by atoms with E-state index in [1.54, 1.807) is 0 Å². The number of aliphatic carboxylic acids is 1. The molecule has 5 nitrogen and oxygen atoms in total. The average Bonchev–Trinajstić information content (AvgIpc) is 2.13. The molecule has 1 amide bonds. The number of hydrogen-bond donors (Lipinski definition) is 3. The van der Waals surface area contributed by atoms with Crippen LogP contribution in [0.1, 0.15) is 0 Å². The van der Waals surface area contributed by atoms with Crippen LogP contribution in [-0.2, 0) is 9.59 Å². The molecule has 0 aliphatic rings. The molecular formula is C7H9F3N2O3. The lowest BCUT2D eigenvalue weighted by molar-refractivity contribution is -0.192. The van der Waals surface area contributed by atoms with Gasteiger partial charge in [0.25, 0.3) is 0 Å². The van der Waals surface area contributed by atoms with Crippen LogP contribution in [0.15, 0.2) is 0 Å². The van der Waals surface area contributed by atoms with Gasteiger partial charge in [0.15, 0.2) is 0 Å². The van der Waals surface area contributed by atoms with E-state index in [1.807, 2.05) is 0 Å². The molecule has 0 unspecified atom stereocenters. The number of carbonyl (C=O) groups is 2. The molecule has 0 bridgehead atoms. The second-order valence-corrected chi connectivity index (χ2v) is 1.99. The Morgan fingerprint density at radius 1 is 1.47 bits per heavy atom. The van der Waals surface area contributed by atoms with Crippen LogP contribution in [0.2, 0.25) is 0 Å². The van der Waals surface area contributed by atoms with Crippen LogP contribution in [0.4, 0.5) is 13.2 Å². The highest BCUT2D eigenvalue weighted by atomic mass is 19.4. The van der Waals surface area contributed by atoms with Crippen molar-refractivity contribution >= 4 is 11.9 Å². The predicted octanol–water partition coefficient (Wildman–Crippen LogP) is -0.672. The van der Waals surface area contributed by atoms with Gasteiger partial charge in [0.2, 0.25) is 5.91 Å². The number of nitrogens with two attached hydrogens (primary N) is 1. The maximum atomic E-state index is 10.6. The van der Waals surface area contributed by atoms with Crippen LogP contribution in [0.3, 0.4) is 0 Å². The summed E-state index contributed by atoms with van der Waals surface area (Å²) in [5, 5.41) is 9.51. The SMILES string of the molecule is C#CCNC(=O)CN.O=C(O)C(F)(F)F. The second kappa shape index (κ2) is 7.64. The molecule has 0 spiro atoms. The number of terminal acetylenes is 1. The summed E-state index contributed by atoms with van der Waals surface area (Å²) in [5.74, 6) is -0.731. The van der Waals surface area contributed by atoms with Crippen molar-refractivity contribution in [2.75, 3.05) is 13.1 Å². The number of amides is 1. The number of carboxylic acids is 1. The topological polar surface area (TPSA) is 92.4 Å². The first kappa shape index (κ1) is 15.7. The van der Waals surface area contributed by atoms with Crippen LogP contribution in [0.25, 0.3) is 0 Å². The normalized spacial score (nSPS) is 9.27. The summed E-state index contributed by atoms with van der Waals surface area (Å²) < 4.78 is 31.7. The van der Waals surface area contributed by atoms with Crippen molar-refractivity contribution in [1.82, 2.24) is 5.32 Å². The summed E-state index contributed by atoms with van der Waals surface area (Å²) >= 11 is 0. The Balaban J connectivity index is 0. The first-order valence-corrected chi connectivity index (χ1v) is 3.46. The number of carboxylic acid groups (broad SMARTS) is 1. The fraction of sp³-hybridized carbons (Fsp3) is 0.429. The molecule has 0 heterocycles. The summed E-state index contributed by atoms with van der Waals surface area (Å²) in [4.78, 5) is 19.1. The van der Waals surface area contributed by atoms with Crippen LogP contribution in [0, 0.1) is 12.3 Å². The van der Waals surface area contributed by atoms with Crippen molar-refractivity contribution in [2.45, 2.75) is 6.18 Å². The summed E-state index contributed by atoms with van der Waals surface area (Å²) in [7, 11) is 0. The number of rotatable bonds is 2. The molecule has 0 aromatic carbocycles. The molecule has 8 heteroatoms. The lowest BCUT2D eigenvalue weighted by Crippen LogP contribution is -2.30. The molecule has 0 atom stereocenters. The van der Waals surface area contributed by atoms with Gasteiger partial charge in [-0.1, -0.05) is 5.92 Å². The molecule has 0 aliphatic heterocycles. The highest BCUT2D eigenvalue weighted by molar-refractivity contribution is 5.77. The molecule has 0 aromatic heterocycles. The van der Waals surface area contributed by atoms with Gasteiger partial charge in [-0.05, 0) is 0 Å². The predicted molar refractivity (Wildman–Crippen MR) is 44.6 cm³/mol. The van der Waals surface area contributed by atoms with Crippen LogP contribution in [-0.4, -0.2) is 36.2 Å². The van der Waals surface area contributed by atoms with Crippen molar-refractivity contribution in [1.29, 1.82) is 0 Å². The van der Waals surface area contributed by atoms with Gasteiger partial charge in [0, 0.05) is 0 Å². The van der Waals surface area contributed by atoms with Gasteiger partial charge in [-0.2, -0.15) is 13.2 Å². The number of alkyl halides is 3. The minimum atomic E-state index is -5.08. The monoisotopic (exact) mass is 226 g/mol. The molecular weight excluding hydrogens is 217 g/mol. The summed E-state index contributed by atoms with van der Waals surface area (Å²) in [6, 6.07) is 0. The van der Waals surface area contributed by atoms with E-state index in [-0.39, 0.29) is 19.0 Å². The Kier molecular flexibility index (Phi) is 8.00. The zero-order valence-corrected chi connectivity index (χ0v) is 7.47. The summed E-state index contributed by atoms with van der Waals surface area (Å²) in [6.07, 6.45) is -0.257. The van der Waals surface area contributed by atoms with Crippen molar-refractivity contribution < 1.29 is 27.9 Å². The first-order valence-electron chi connectivity index (χ1n) is 3.46. The lowest BCUT2D eigenvalue weighted by Gasteiger charge is -1.93. The van der Waals surface area contributed by atoms with Crippen molar-refractivity contribution in [3.63, 3.8) is 0 Å². The Hall–Kier alpha value is -1.75. The van der Waals surface area contributed by atoms with E-state index in [4.69, 9.17) is 22.1 Å². The van der Waals surface area contributed by atoms with Crippen molar-refractivity contribution in [2.24, 2.45) is 5.73 Å². The molecule has 4 N–H and O–H groups in total. The largest absolute Gasteiger partial charge is 0.490 e. The molecule has 0 fully saturated rings. The van der Waals surface area contributed by atoms with Gasteiger partial charge < -0.3 is 16.2 Å². The van der Waals surface area contributed by atoms with E-state index in [2.05, 4.69) is 11.2 Å². The third-order valence-electron chi connectivity index (χ3n) is 0.816. The first-order chi connectivity index (χ1) is 6.75. The van der Waals surface area contributed by atoms with E-state index in [9.17, 15) is 18.0 Å². The van der Waals surface area contributed by atoms with Crippen LogP contribution >= 0.6 is 0 Å². The zero-order valence-electron chi connectivity index (χ0n) is 7.47. The van der Waals surface area contributed by atoms with E-state index >= 15 is 0 Å². The number of carbonyl (C=O) groups excluding carboxylic acids is 1. The quantitative estimate of drug-likeness (QED) is 0.544. The van der Waals surface area contributed by atoms with E-state index in [0.717, 1.165) is 0 Å². The van der Waals surface area contributed by atoms with Crippen LogP contribution in [0.5, 0.6) is 0 Å². The van der Waals surface area contributed by atoms with Gasteiger partial charge in [-0.25, -0.2) is 4.79 Å². The zero-order chi connectivity index (χ0) is 12.5.